The molecule has 2 rings (SSSR count). The number of carbonyl (C=O) groups excluding carboxylic acids is 2. The molecule has 26 heavy (non-hydrogen) atoms. The molecule has 0 saturated carbocycles. The molecule has 1 N–H and O–H groups in total. The summed E-state index contributed by atoms with van der Waals surface area (Å²) in [4.78, 5) is 28.6. The van der Waals surface area contributed by atoms with Crippen LogP contribution in [0.2, 0.25) is 0 Å². The highest BCUT2D eigenvalue weighted by molar-refractivity contribution is 5.94. The summed E-state index contributed by atoms with van der Waals surface area (Å²) in [7, 11) is 0. The predicted molar refractivity (Wildman–Crippen MR) is 103 cm³/mol. The van der Waals surface area contributed by atoms with Gasteiger partial charge in [-0.05, 0) is 29.7 Å². The van der Waals surface area contributed by atoms with E-state index in [0.717, 1.165) is 30.4 Å². The second kappa shape index (κ2) is 11.1. The monoisotopic (exact) mass is 353 g/mol. The number of rotatable bonds is 9. The number of unbranched alkanes of at least 4 members (excludes halogenated alkanes) is 5. The van der Waals surface area contributed by atoms with E-state index in [1.165, 1.54) is 19.3 Å². The first kappa shape index (κ1) is 19.7. The normalized spacial score (nSPS) is 10.3. The standard InChI is InChI=1S/C22H27NO3/c1-2-3-4-5-6-10-13-21(24)26-23-22(25)20-16-14-19(15-17-20)18-11-8-7-9-12-18/h7-9,11-12,14-17H,2-6,10,13H2,1H3,(H,23,25). The molecule has 0 aromatic heterocycles. The van der Waals surface area contributed by atoms with Gasteiger partial charge >= 0.3 is 5.97 Å². The summed E-state index contributed by atoms with van der Waals surface area (Å²) < 4.78 is 0. The molecule has 0 aliphatic carbocycles. The molecule has 0 bridgehead atoms. The maximum Gasteiger partial charge on any atom is 0.332 e. The maximum absolute atomic E-state index is 12.1. The smallest absolute Gasteiger partial charge is 0.332 e. The molecule has 0 radical (unpaired) electrons. The third-order valence-electron chi connectivity index (χ3n) is 4.25. The SMILES string of the molecule is CCCCCCCCC(=O)ONC(=O)c1ccc(-c2ccccc2)cc1. The van der Waals surface area contributed by atoms with Gasteiger partial charge in [-0.3, -0.25) is 4.79 Å². The van der Waals surface area contributed by atoms with E-state index in [4.69, 9.17) is 4.84 Å². The number of hydrogen-bond donors (Lipinski definition) is 1. The van der Waals surface area contributed by atoms with Crippen molar-refractivity contribution >= 4 is 11.9 Å². The minimum Gasteiger partial charge on any atom is -0.341 e. The van der Waals surface area contributed by atoms with Gasteiger partial charge < -0.3 is 4.84 Å². The number of nitrogens with one attached hydrogen (secondary N) is 1. The second-order valence-corrected chi connectivity index (χ2v) is 6.37. The third kappa shape index (κ3) is 6.71. The lowest BCUT2D eigenvalue weighted by molar-refractivity contribution is -0.149. The number of carbonyl (C=O) groups is 2. The topological polar surface area (TPSA) is 55.4 Å². The van der Waals surface area contributed by atoms with Crippen molar-refractivity contribution in [2.75, 3.05) is 0 Å². The van der Waals surface area contributed by atoms with E-state index in [2.05, 4.69) is 12.4 Å². The highest BCUT2D eigenvalue weighted by atomic mass is 16.7. The maximum atomic E-state index is 12.1. The molecule has 4 nitrogen and oxygen atoms in total. The van der Waals surface area contributed by atoms with Gasteiger partial charge in [0.2, 0.25) is 0 Å². The van der Waals surface area contributed by atoms with E-state index < -0.39 is 11.9 Å². The van der Waals surface area contributed by atoms with Crippen LogP contribution in [0.3, 0.4) is 0 Å². The summed E-state index contributed by atoms with van der Waals surface area (Å²) >= 11 is 0. The lowest BCUT2D eigenvalue weighted by Gasteiger charge is -2.07. The van der Waals surface area contributed by atoms with E-state index in [1.54, 1.807) is 12.1 Å². The van der Waals surface area contributed by atoms with Gasteiger partial charge in [0.25, 0.3) is 5.91 Å². The molecule has 4 heteroatoms. The minimum atomic E-state index is -0.416. The molecular formula is C22H27NO3. The Labute approximate surface area is 155 Å². The van der Waals surface area contributed by atoms with E-state index in [-0.39, 0.29) is 0 Å². The van der Waals surface area contributed by atoms with Crippen LogP contribution in [0, 0.1) is 0 Å². The second-order valence-electron chi connectivity index (χ2n) is 6.37. The summed E-state index contributed by atoms with van der Waals surface area (Å²) in [5.41, 5.74) is 4.80. The van der Waals surface area contributed by atoms with Gasteiger partial charge in [-0.15, -0.1) is 0 Å². The van der Waals surface area contributed by atoms with Crippen molar-refractivity contribution in [2.45, 2.75) is 51.9 Å². The summed E-state index contributed by atoms with van der Waals surface area (Å²) in [6.07, 6.45) is 6.94. The zero-order chi connectivity index (χ0) is 18.6. The molecule has 2 aromatic rings. The fourth-order valence-corrected chi connectivity index (χ4v) is 2.71. The zero-order valence-corrected chi connectivity index (χ0v) is 15.4. The lowest BCUT2D eigenvalue weighted by Crippen LogP contribution is -2.26. The van der Waals surface area contributed by atoms with Crippen LogP contribution in [0.15, 0.2) is 54.6 Å². The van der Waals surface area contributed by atoms with Gasteiger partial charge in [0.15, 0.2) is 0 Å². The number of benzene rings is 2. The van der Waals surface area contributed by atoms with Crippen LogP contribution in [0.1, 0.15) is 62.2 Å². The van der Waals surface area contributed by atoms with Gasteiger partial charge in [0, 0.05) is 12.0 Å². The van der Waals surface area contributed by atoms with Gasteiger partial charge in [-0.2, -0.15) is 5.48 Å². The molecule has 0 spiro atoms. The van der Waals surface area contributed by atoms with Gasteiger partial charge in [0.1, 0.15) is 0 Å². The van der Waals surface area contributed by atoms with Gasteiger partial charge in [-0.1, -0.05) is 81.5 Å². The van der Waals surface area contributed by atoms with E-state index in [0.29, 0.717) is 12.0 Å². The Balaban J connectivity index is 1.71. The largest absolute Gasteiger partial charge is 0.341 e. The Bertz CT molecular complexity index is 680. The molecule has 0 saturated heterocycles. The van der Waals surface area contributed by atoms with Crippen LogP contribution in [0.4, 0.5) is 0 Å². The van der Waals surface area contributed by atoms with Crippen LogP contribution in [-0.2, 0) is 9.63 Å². The molecule has 2 aromatic carbocycles. The van der Waals surface area contributed by atoms with Crippen molar-refractivity contribution < 1.29 is 14.4 Å². The van der Waals surface area contributed by atoms with Crippen molar-refractivity contribution in [3.63, 3.8) is 0 Å². The van der Waals surface area contributed by atoms with Gasteiger partial charge in [0.05, 0.1) is 0 Å². The molecule has 138 valence electrons. The molecule has 0 aliphatic rings. The predicted octanol–water partition coefficient (Wildman–Crippen LogP) is 5.29. The lowest BCUT2D eigenvalue weighted by atomic mass is 10.0. The molecule has 0 fully saturated rings. The fourth-order valence-electron chi connectivity index (χ4n) is 2.71. The van der Waals surface area contributed by atoms with E-state index in [9.17, 15) is 9.59 Å². The third-order valence-corrected chi connectivity index (χ3v) is 4.25. The molecular weight excluding hydrogens is 326 g/mol. The summed E-state index contributed by atoms with van der Waals surface area (Å²) in [6.45, 7) is 2.18. The number of amides is 1. The van der Waals surface area contributed by atoms with E-state index in [1.807, 2.05) is 42.5 Å². The average Bonchev–Trinajstić information content (AvgIpc) is 2.69. The van der Waals surface area contributed by atoms with Crippen LogP contribution in [0.25, 0.3) is 11.1 Å². The molecule has 0 atom stereocenters. The number of hydroxylamine groups is 1. The highest BCUT2D eigenvalue weighted by Crippen LogP contribution is 2.19. The van der Waals surface area contributed by atoms with Crippen molar-refractivity contribution in [3.8, 4) is 11.1 Å². The summed E-state index contributed by atoms with van der Waals surface area (Å²) in [5, 5.41) is 0. The quantitative estimate of drug-likeness (QED) is 0.492. The zero-order valence-electron chi connectivity index (χ0n) is 15.4. The van der Waals surface area contributed by atoms with Crippen LogP contribution >= 0.6 is 0 Å². The van der Waals surface area contributed by atoms with Crippen LogP contribution in [-0.4, -0.2) is 11.9 Å². The Morgan fingerprint density at radius 1 is 0.808 bits per heavy atom. The molecule has 0 unspecified atom stereocenters. The first-order valence-electron chi connectivity index (χ1n) is 9.36. The Kier molecular flexibility index (Phi) is 8.40. The first-order chi connectivity index (χ1) is 12.7. The highest BCUT2D eigenvalue weighted by Gasteiger charge is 2.09. The van der Waals surface area contributed by atoms with Crippen molar-refractivity contribution in [1.29, 1.82) is 0 Å². The molecule has 0 heterocycles. The molecule has 1 amide bonds. The van der Waals surface area contributed by atoms with Crippen molar-refractivity contribution in [2.24, 2.45) is 0 Å². The Morgan fingerprint density at radius 2 is 1.42 bits per heavy atom. The van der Waals surface area contributed by atoms with Crippen molar-refractivity contribution in [3.05, 3.63) is 60.2 Å². The van der Waals surface area contributed by atoms with Crippen LogP contribution in [0.5, 0.6) is 0 Å². The van der Waals surface area contributed by atoms with Gasteiger partial charge in [-0.25, -0.2) is 4.79 Å². The summed E-state index contributed by atoms with van der Waals surface area (Å²) in [5.74, 6) is -0.810. The Hall–Kier alpha value is -2.62. The molecule has 0 aliphatic heterocycles. The van der Waals surface area contributed by atoms with E-state index >= 15 is 0 Å². The number of hydrogen-bond acceptors (Lipinski definition) is 3. The Morgan fingerprint density at radius 3 is 2.12 bits per heavy atom. The van der Waals surface area contributed by atoms with Crippen LogP contribution < -0.4 is 5.48 Å². The summed E-state index contributed by atoms with van der Waals surface area (Å²) in [6, 6.07) is 17.1. The first-order valence-corrected chi connectivity index (χ1v) is 9.36. The average molecular weight is 353 g/mol. The fraction of sp³-hybridized carbons (Fsp3) is 0.364. The minimum absolute atomic E-state index is 0.333. The van der Waals surface area contributed by atoms with Crippen molar-refractivity contribution in [1.82, 2.24) is 5.48 Å².